The molecule has 0 aliphatic carbocycles. The van der Waals surface area contributed by atoms with Crippen LogP contribution in [0.3, 0.4) is 0 Å². The van der Waals surface area contributed by atoms with Gasteiger partial charge in [-0.1, -0.05) is 60.7 Å². The molecule has 22 heavy (non-hydrogen) atoms. The second-order valence-corrected chi connectivity index (χ2v) is 5.67. The molecule has 2 aromatic carbocycles. The van der Waals surface area contributed by atoms with E-state index in [0.717, 1.165) is 12.1 Å². The lowest BCUT2D eigenvalue weighted by Crippen LogP contribution is -2.46. The zero-order valence-electron chi connectivity index (χ0n) is 12.8. The van der Waals surface area contributed by atoms with Crippen molar-refractivity contribution in [3.8, 4) is 0 Å². The molecule has 1 fully saturated rings. The third kappa shape index (κ3) is 3.26. The van der Waals surface area contributed by atoms with Gasteiger partial charge in [0.15, 0.2) is 5.78 Å². The lowest BCUT2D eigenvalue weighted by molar-refractivity contribution is -0.0283. The number of ether oxygens (including phenoxy) is 1. The summed E-state index contributed by atoms with van der Waals surface area (Å²) in [6.07, 6.45) is -0.373. The van der Waals surface area contributed by atoms with Gasteiger partial charge in [-0.3, -0.25) is 9.69 Å². The predicted molar refractivity (Wildman–Crippen MR) is 86.9 cm³/mol. The van der Waals surface area contributed by atoms with E-state index in [4.69, 9.17) is 4.74 Å². The molecule has 114 valence electrons. The smallest absolute Gasteiger partial charge is 0.192 e. The zero-order valence-corrected chi connectivity index (χ0v) is 12.8. The molecule has 1 aliphatic rings. The Balaban J connectivity index is 1.70. The monoisotopic (exact) mass is 295 g/mol. The Morgan fingerprint density at radius 2 is 1.73 bits per heavy atom. The quantitative estimate of drug-likeness (QED) is 0.810. The number of hydrogen-bond acceptors (Lipinski definition) is 3. The second-order valence-electron chi connectivity index (χ2n) is 5.67. The third-order valence-corrected chi connectivity index (χ3v) is 4.28. The number of nitrogens with zero attached hydrogens (tertiary/aromatic N) is 1. The zero-order chi connectivity index (χ0) is 15.4. The van der Waals surface area contributed by atoms with E-state index in [0.29, 0.717) is 13.2 Å². The van der Waals surface area contributed by atoms with E-state index >= 15 is 0 Å². The van der Waals surface area contributed by atoms with Gasteiger partial charge in [0.05, 0.1) is 6.61 Å². The lowest BCUT2D eigenvalue weighted by atomic mass is 10.0. The van der Waals surface area contributed by atoms with Crippen molar-refractivity contribution in [3.05, 3.63) is 71.8 Å². The molecule has 1 heterocycles. The van der Waals surface area contributed by atoms with Crippen LogP contribution in [-0.2, 0) is 4.74 Å². The van der Waals surface area contributed by atoms with Crippen LogP contribution in [0.1, 0.15) is 28.9 Å². The van der Waals surface area contributed by atoms with Gasteiger partial charge in [0.25, 0.3) is 0 Å². The van der Waals surface area contributed by atoms with E-state index in [2.05, 4.69) is 36.1 Å². The summed E-state index contributed by atoms with van der Waals surface area (Å²) >= 11 is 0. The molecule has 1 aliphatic heterocycles. The molecule has 2 atom stereocenters. The average molecular weight is 295 g/mol. The van der Waals surface area contributed by atoms with Crippen LogP contribution < -0.4 is 0 Å². The summed E-state index contributed by atoms with van der Waals surface area (Å²) in [4.78, 5) is 14.9. The number of benzene rings is 2. The molecule has 0 radical (unpaired) electrons. The molecule has 2 aromatic rings. The molecule has 0 unspecified atom stereocenters. The van der Waals surface area contributed by atoms with Gasteiger partial charge in [-0.2, -0.15) is 0 Å². The number of carbonyl (C=O) groups is 1. The maximum Gasteiger partial charge on any atom is 0.192 e. The third-order valence-electron chi connectivity index (χ3n) is 4.28. The number of morpholine rings is 1. The maximum atomic E-state index is 12.6. The first-order chi connectivity index (χ1) is 10.8. The van der Waals surface area contributed by atoms with Crippen molar-refractivity contribution in [2.45, 2.75) is 19.1 Å². The first-order valence-electron chi connectivity index (χ1n) is 7.75. The van der Waals surface area contributed by atoms with Crippen molar-refractivity contribution in [2.24, 2.45) is 0 Å². The molecule has 0 N–H and O–H groups in total. The van der Waals surface area contributed by atoms with E-state index in [1.165, 1.54) is 5.56 Å². The highest BCUT2D eigenvalue weighted by molar-refractivity contribution is 5.99. The van der Waals surface area contributed by atoms with Gasteiger partial charge in [-0.05, 0) is 12.5 Å². The highest BCUT2D eigenvalue weighted by Crippen LogP contribution is 2.23. The number of carbonyl (C=O) groups excluding carboxylic acids is 1. The van der Waals surface area contributed by atoms with Crippen molar-refractivity contribution < 1.29 is 9.53 Å². The molecular formula is C19H21NO2. The van der Waals surface area contributed by atoms with Crippen molar-refractivity contribution in [1.29, 1.82) is 0 Å². The summed E-state index contributed by atoms with van der Waals surface area (Å²) in [6.45, 7) is 4.28. The molecule has 1 saturated heterocycles. The number of Topliss-reactive ketones (excluding diaryl/α,β-unsaturated/α-hetero) is 1. The largest absolute Gasteiger partial charge is 0.367 e. The summed E-state index contributed by atoms with van der Waals surface area (Å²) in [5.74, 6) is 0.0746. The van der Waals surface area contributed by atoms with E-state index < -0.39 is 0 Å². The summed E-state index contributed by atoms with van der Waals surface area (Å²) < 4.78 is 5.72. The van der Waals surface area contributed by atoms with Gasteiger partial charge in [-0.15, -0.1) is 0 Å². The van der Waals surface area contributed by atoms with Crippen LogP contribution in [0.4, 0.5) is 0 Å². The van der Waals surface area contributed by atoms with Crippen LogP contribution in [0.25, 0.3) is 0 Å². The first-order valence-corrected chi connectivity index (χ1v) is 7.75. The Bertz CT molecular complexity index is 612. The summed E-state index contributed by atoms with van der Waals surface area (Å²) in [5.41, 5.74) is 2.00. The Morgan fingerprint density at radius 1 is 1.09 bits per heavy atom. The fourth-order valence-electron chi connectivity index (χ4n) is 2.91. The Hall–Kier alpha value is -1.97. The molecule has 3 nitrogen and oxygen atoms in total. The van der Waals surface area contributed by atoms with Gasteiger partial charge in [0, 0.05) is 24.7 Å². The predicted octanol–water partition coefficient (Wildman–Crippen LogP) is 3.33. The molecule has 0 amide bonds. The topological polar surface area (TPSA) is 29.5 Å². The van der Waals surface area contributed by atoms with Gasteiger partial charge < -0.3 is 4.74 Å². The van der Waals surface area contributed by atoms with Crippen LogP contribution >= 0.6 is 0 Å². The van der Waals surface area contributed by atoms with Gasteiger partial charge in [-0.25, -0.2) is 0 Å². The average Bonchev–Trinajstić information content (AvgIpc) is 2.62. The van der Waals surface area contributed by atoms with E-state index in [-0.39, 0.29) is 17.9 Å². The Kier molecular flexibility index (Phi) is 4.66. The fourth-order valence-corrected chi connectivity index (χ4v) is 2.91. The second kappa shape index (κ2) is 6.86. The Labute approximate surface area is 131 Å². The molecule has 3 heteroatoms. The lowest BCUT2D eigenvalue weighted by Gasteiger charge is -2.36. The minimum Gasteiger partial charge on any atom is -0.367 e. The number of ketones is 1. The normalized spacial score (nSPS) is 20.5. The highest BCUT2D eigenvalue weighted by atomic mass is 16.5. The van der Waals surface area contributed by atoms with Crippen molar-refractivity contribution in [2.75, 3.05) is 19.7 Å². The molecule has 0 aromatic heterocycles. The standard InChI is InChI=1S/C19H21NO2/c1-15(16-8-4-2-5-9-16)20-12-13-22-18(14-20)19(21)17-10-6-3-7-11-17/h2-11,15,18H,12-14H2,1H3/t15-,18-/m0/s1. The summed E-state index contributed by atoms with van der Waals surface area (Å²) in [5, 5.41) is 0. The van der Waals surface area contributed by atoms with Crippen LogP contribution in [0.15, 0.2) is 60.7 Å². The van der Waals surface area contributed by atoms with Gasteiger partial charge in [0.2, 0.25) is 0 Å². The van der Waals surface area contributed by atoms with Crippen LogP contribution in [0.2, 0.25) is 0 Å². The highest BCUT2D eigenvalue weighted by Gasteiger charge is 2.29. The van der Waals surface area contributed by atoms with E-state index in [9.17, 15) is 4.79 Å². The van der Waals surface area contributed by atoms with Gasteiger partial charge >= 0.3 is 0 Å². The Morgan fingerprint density at radius 3 is 2.41 bits per heavy atom. The van der Waals surface area contributed by atoms with Crippen LogP contribution in [0, 0.1) is 0 Å². The summed E-state index contributed by atoms with van der Waals surface area (Å²) in [6, 6.07) is 20.1. The molecule has 3 rings (SSSR count). The van der Waals surface area contributed by atoms with E-state index in [1.807, 2.05) is 36.4 Å². The van der Waals surface area contributed by atoms with Crippen molar-refractivity contribution >= 4 is 5.78 Å². The minimum atomic E-state index is -0.373. The fraction of sp³-hybridized carbons (Fsp3) is 0.316. The number of rotatable bonds is 4. The first kappa shape index (κ1) is 14.9. The molecule has 0 spiro atoms. The molecule has 0 saturated carbocycles. The number of hydrogen-bond donors (Lipinski definition) is 0. The SMILES string of the molecule is C[C@@H](c1ccccc1)N1CCO[C@H](C(=O)c2ccccc2)C1. The van der Waals surface area contributed by atoms with Crippen molar-refractivity contribution in [3.63, 3.8) is 0 Å². The molecular weight excluding hydrogens is 274 g/mol. The summed E-state index contributed by atoms with van der Waals surface area (Å²) in [7, 11) is 0. The minimum absolute atomic E-state index is 0.0746. The maximum absolute atomic E-state index is 12.6. The van der Waals surface area contributed by atoms with Gasteiger partial charge in [0.1, 0.15) is 6.10 Å². The molecule has 0 bridgehead atoms. The van der Waals surface area contributed by atoms with Crippen molar-refractivity contribution in [1.82, 2.24) is 4.90 Å². The van der Waals surface area contributed by atoms with E-state index in [1.54, 1.807) is 0 Å². The van der Waals surface area contributed by atoms with Crippen LogP contribution in [-0.4, -0.2) is 36.5 Å². The van der Waals surface area contributed by atoms with Crippen LogP contribution in [0.5, 0.6) is 0 Å².